The number of hydrogen-bond donors (Lipinski definition) is 0. The molecule has 0 aromatic heterocycles. The zero-order chi connectivity index (χ0) is 11.1. The fourth-order valence-corrected chi connectivity index (χ4v) is 2.84. The molecule has 0 aromatic rings. The maximum atomic E-state index is 5.71. The van der Waals surface area contributed by atoms with Crippen molar-refractivity contribution in [3.05, 3.63) is 0 Å². The molecule has 0 amide bonds. The molecule has 1 fully saturated rings. The monoisotopic (exact) mass is 277 g/mol. The molecular formula is C12H24BrNO. The molecule has 0 saturated carbocycles. The highest BCUT2D eigenvalue weighted by Crippen LogP contribution is 2.17. The molecule has 2 nitrogen and oxygen atoms in total. The first-order valence-corrected chi connectivity index (χ1v) is 7.35. The molecule has 0 radical (unpaired) electrons. The Kier molecular flexibility index (Phi) is 6.86. The smallest absolute Gasteiger partial charge is 0.0702 e. The van der Waals surface area contributed by atoms with E-state index < -0.39 is 0 Å². The van der Waals surface area contributed by atoms with Gasteiger partial charge in [0.15, 0.2) is 0 Å². The van der Waals surface area contributed by atoms with Crippen LogP contribution in [0.15, 0.2) is 0 Å². The molecule has 0 spiro atoms. The van der Waals surface area contributed by atoms with Gasteiger partial charge in [0.2, 0.25) is 0 Å². The van der Waals surface area contributed by atoms with Crippen molar-refractivity contribution in [1.29, 1.82) is 0 Å². The van der Waals surface area contributed by atoms with Crippen LogP contribution in [0.3, 0.4) is 0 Å². The maximum absolute atomic E-state index is 5.71. The normalized spacial score (nSPS) is 21.8. The van der Waals surface area contributed by atoms with Crippen LogP contribution in [0.4, 0.5) is 0 Å². The fourth-order valence-electron chi connectivity index (χ4n) is 2.39. The molecule has 1 unspecified atom stereocenters. The summed E-state index contributed by atoms with van der Waals surface area (Å²) < 4.78 is 5.71. The van der Waals surface area contributed by atoms with Crippen molar-refractivity contribution in [2.45, 2.75) is 51.7 Å². The van der Waals surface area contributed by atoms with Crippen LogP contribution < -0.4 is 0 Å². The Balaban J connectivity index is 2.40. The molecule has 1 aliphatic rings. The van der Waals surface area contributed by atoms with Gasteiger partial charge >= 0.3 is 0 Å². The highest BCUT2D eigenvalue weighted by molar-refractivity contribution is 9.09. The minimum Gasteiger partial charge on any atom is -0.377 e. The van der Waals surface area contributed by atoms with E-state index in [0.717, 1.165) is 31.1 Å². The summed E-state index contributed by atoms with van der Waals surface area (Å²) in [7, 11) is 0. The fraction of sp³-hybridized carbons (Fsp3) is 1.00. The van der Waals surface area contributed by atoms with Crippen LogP contribution in [-0.2, 0) is 4.74 Å². The van der Waals surface area contributed by atoms with E-state index in [9.17, 15) is 0 Å². The first kappa shape index (κ1) is 13.5. The predicted molar refractivity (Wildman–Crippen MR) is 68.7 cm³/mol. The van der Waals surface area contributed by atoms with Gasteiger partial charge in [-0.15, -0.1) is 0 Å². The van der Waals surface area contributed by atoms with Crippen molar-refractivity contribution in [2.75, 3.05) is 25.0 Å². The van der Waals surface area contributed by atoms with Crippen LogP contribution in [-0.4, -0.2) is 42.1 Å². The molecule has 1 saturated heterocycles. The van der Waals surface area contributed by atoms with Crippen molar-refractivity contribution >= 4 is 15.9 Å². The van der Waals surface area contributed by atoms with Gasteiger partial charge in [-0.1, -0.05) is 29.8 Å². The first-order chi connectivity index (χ1) is 7.31. The Morgan fingerprint density at radius 3 is 2.60 bits per heavy atom. The number of hydrogen-bond acceptors (Lipinski definition) is 2. The van der Waals surface area contributed by atoms with Crippen molar-refractivity contribution in [3.63, 3.8) is 0 Å². The number of halogens is 1. The summed E-state index contributed by atoms with van der Waals surface area (Å²) in [4.78, 5) is 2.59. The van der Waals surface area contributed by atoms with Crippen LogP contribution in [0.25, 0.3) is 0 Å². The summed E-state index contributed by atoms with van der Waals surface area (Å²) in [6.45, 7) is 7.80. The Bertz CT molecular complexity index is 156. The van der Waals surface area contributed by atoms with Gasteiger partial charge in [-0.25, -0.2) is 0 Å². The first-order valence-electron chi connectivity index (χ1n) is 6.23. The maximum Gasteiger partial charge on any atom is 0.0702 e. The Morgan fingerprint density at radius 1 is 1.40 bits per heavy atom. The Labute approximate surface area is 102 Å². The van der Waals surface area contributed by atoms with Crippen molar-refractivity contribution in [1.82, 2.24) is 4.90 Å². The van der Waals surface area contributed by atoms with Crippen LogP contribution >= 0.6 is 15.9 Å². The zero-order valence-corrected chi connectivity index (χ0v) is 11.6. The minimum atomic E-state index is 0.490. The Morgan fingerprint density at radius 2 is 2.13 bits per heavy atom. The topological polar surface area (TPSA) is 12.5 Å². The average molecular weight is 278 g/mol. The van der Waals surface area contributed by atoms with Crippen LogP contribution in [0, 0.1) is 0 Å². The summed E-state index contributed by atoms with van der Waals surface area (Å²) in [6.07, 6.45) is 5.48. The van der Waals surface area contributed by atoms with Crippen LogP contribution in [0.1, 0.15) is 39.5 Å². The van der Waals surface area contributed by atoms with E-state index in [-0.39, 0.29) is 0 Å². The number of alkyl halides is 1. The lowest BCUT2D eigenvalue weighted by Gasteiger charge is -2.31. The van der Waals surface area contributed by atoms with Gasteiger partial charge in [0, 0.05) is 31.1 Å². The van der Waals surface area contributed by atoms with E-state index in [1.54, 1.807) is 0 Å². The number of rotatable bonds is 7. The lowest BCUT2D eigenvalue weighted by Crippen LogP contribution is -2.41. The second kappa shape index (κ2) is 7.64. The highest BCUT2D eigenvalue weighted by Gasteiger charge is 2.22. The molecule has 1 heterocycles. The molecule has 90 valence electrons. The quantitative estimate of drug-likeness (QED) is 0.664. The van der Waals surface area contributed by atoms with Gasteiger partial charge in [0.25, 0.3) is 0 Å². The summed E-state index contributed by atoms with van der Waals surface area (Å²) in [5.74, 6) is 0. The number of ether oxygens (including phenoxy) is 1. The van der Waals surface area contributed by atoms with Gasteiger partial charge in [-0.2, -0.15) is 0 Å². The molecule has 3 heteroatoms. The van der Waals surface area contributed by atoms with E-state index in [4.69, 9.17) is 4.74 Å². The molecule has 0 aliphatic carbocycles. The predicted octanol–water partition coefficient (Wildman–Crippen LogP) is 3.05. The Hall–Kier alpha value is 0.400. The van der Waals surface area contributed by atoms with Crippen LogP contribution in [0.2, 0.25) is 0 Å². The van der Waals surface area contributed by atoms with Crippen molar-refractivity contribution in [3.8, 4) is 0 Å². The number of nitrogens with zero attached hydrogens (tertiary/aromatic N) is 1. The molecule has 1 atom stereocenters. The van der Waals surface area contributed by atoms with E-state index >= 15 is 0 Å². The lowest BCUT2D eigenvalue weighted by molar-refractivity contribution is 0.0580. The molecule has 0 N–H and O–H groups in total. The van der Waals surface area contributed by atoms with Gasteiger partial charge in [0.1, 0.15) is 0 Å². The lowest BCUT2D eigenvalue weighted by atomic mass is 10.1. The average Bonchev–Trinajstić information content (AvgIpc) is 2.72. The van der Waals surface area contributed by atoms with E-state index in [1.807, 2.05) is 0 Å². The molecular weight excluding hydrogens is 254 g/mol. The van der Waals surface area contributed by atoms with Crippen LogP contribution in [0.5, 0.6) is 0 Å². The molecule has 15 heavy (non-hydrogen) atoms. The second-order valence-electron chi connectivity index (χ2n) is 4.29. The highest BCUT2D eigenvalue weighted by atomic mass is 79.9. The van der Waals surface area contributed by atoms with Crippen molar-refractivity contribution < 1.29 is 4.74 Å². The second-order valence-corrected chi connectivity index (χ2v) is 5.08. The van der Waals surface area contributed by atoms with E-state index in [0.29, 0.717) is 6.10 Å². The third-order valence-electron chi connectivity index (χ3n) is 3.29. The zero-order valence-electron chi connectivity index (χ0n) is 10.0. The van der Waals surface area contributed by atoms with Gasteiger partial charge in [-0.05, 0) is 25.7 Å². The van der Waals surface area contributed by atoms with E-state index in [1.165, 1.54) is 25.7 Å². The largest absolute Gasteiger partial charge is 0.377 e. The summed E-state index contributed by atoms with van der Waals surface area (Å²) in [5, 5.41) is 1.07. The molecule has 1 rings (SSSR count). The van der Waals surface area contributed by atoms with Gasteiger partial charge < -0.3 is 4.74 Å². The molecule has 0 aromatic carbocycles. The third-order valence-corrected chi connectivity index (χ3v) is 3.65. The van der Waals surface area contributed by atoms with E-state index in [2.05, 4.69) is 34.7 Å². The standard InChI is InChI=1S/C12H24BrNO/c1-3-11(4-2)14(8-7-13)10-12-6-5-9-15-12/h11-12H,3-10H2,1-2H3. The summed E-state index contributed by atoms with van der Waals surface area (Å²) in [6, 6.07) is 0.728. The van der Waals surface area contributed by atoms with Gasteiger partial charge in [-0.3, -0.25) is 4.90 Å². The molecule has 0 bridgehead atoms. The minimum absolute atomic E-state index is 0.490. The third kappa shape index (κ3) is 4.41. The SMILES string of the molecule is CCC(CC)N(CCBr)CC1CCCO1. The molecule has 1 aliphatic heterocycles. The van der Waals surface area contributed by atoms with Crippen molar-refractivity contribution in [2.24, 2.45) is 0 Å². The van der Waals surface area contributed by atoms with Gasteiger partial charge in [0.05, 0.1) is 6.10 Å². The summed E-state index contributed by atoms with van der Waals surface area (Å²) in [5.41, 5.74) is 0. The summed E-state index contributed by atoms with van der Waals surface area (Å²) >= 11 is 3.54.